The molecule has 0 unspecified atom stereocenters. The molecular formula is C22H34N2O4S. The normalized spacial score (nSPS) is 12.4. The molecule has 0 aromatic carbocycles. The molecule has 1 amide bonds. The van der Waals surface area contributed by atoms with Crippen molar-refractivity contribution in [3.8, 4) is 5.75 Å². The lowest BCUT2D eigenvalue weighted by Crippen LogP contribution is -2.45. The second-order valence-corrected chi connectivity index (χ2v) is 10.5. The second-order valence-electron chi connectivity index (χ2n) is 9.63. The predicted octanol–water partition coefficient (Wildman–Crippen LogP) is 5.57. The van der Waals surface area contributed by atoms with Crippen LogP contribution in [0.15, 0.2) is 16.2 Å². The smallest absolute Gasteiger partial charge is 0.408 e. The standard InChI is InChI=1S/C22H34N2O4S/c1-8-9-11-28-17-15-10-12-29-18(15)19(25)23(14-21(2,3)4)16(17)13-24(20(26)27)22(5,6)7/h10,12H,8-9,11,13-14H2,1-7H3,(H,26,27). The van der Waals surface area contributed by atoms with Crippen LogP contribution in [0.25, 0.3) is 10.1 Å². The van der Waals surface area contributed by atoms with E-state index in [1.807, 2.05) is 32.2 Å². The van der Waals surface area contributed by atoms with E-state index in [2.05, 4.69) is 27.7 Å². The quantitative estimate of drug-likeness (QED) is 0.592. The number of thiophene rings is 1. The van der Waals surface area contributed by atoms with Crippen molar-refractivity contribution in [1.82, 2.24) is 9.47 Å². The summed E-state index contributed by atoms with van der Waals surface area (Å²) >= 11 is 1.40. The van der Waals surface area contributed by atoms with Gasteiger partial charge in [0.05, 0.1) is 18.8 Å². The summed E-state index contributed by atoms with van der Waals surface area (Å²) in [5.74, 6) is 0.633. The van der Waals surface area contributed by atoms with Crippen LogP contribution in [0.2, 0.25) is 0 Å². The molecule has 7 heteroatoms. The number of pyridine rings is 1. The van der Waals surface area contributed by atoms with Gasteiger partial charge in [0.25, 0.3) is 5.56 Å². The number of carbonyl (C=O) groups is 1. The summed E-state index contributed by atoms with van der Waals surface area (Å²) < 4.78 is 8.56. The molecular weight excluding hydrogens is 388 g/mol. The van der Waals surface area contributed by atoms with Crippen LogP contribution < -0.4 is 10.3 Å². The fourth-order valence-corrected chi connectivity index (χ4v) is 4.04. The van der Waals surface area contributed by atoms with Crippen LogP contribution in [0.4, 0.5) is 4.79 Å². The number of aromatic nitrogens is 1. The Morgan fingerprint density at radius 3 is 2.41 bits per heavy atom. The van der Waals surface area contributed by atoms with E-state index < -0.39 is 11.6 Å². The zero-order valence-electron chi connectivity index (χ0n) is 18.7. The van der Waals surface area contributed by atoms with E-state index >= 15 is 0 Å². The number of hydrogen-bond acceptors (Lipinski definition) is 4. The summed E-state index contributed by atoms with van der Waals surface area (Å²) in [6, 6.07) is 1.90. The SMILES string of the molecule is CCCCOc1c(CN(C(=O)O)C(C)(C)C)n(CC(C)(C)C)c(=O)c2sccc12. The summed E-state index contributed by atoms with van der Waals surface area (Å²) in [4.78, 5) is 26.7. The third kappa shape index (κ3) is 5.53. The first-order valence-electron chi connectivity index (χ1n) is 10.1. The fourth-order valence-electron chi connectivity index (χ4n) is 3.20. The van der Waals surface area contributed by atoms with Gasteiger partial charge in [0.1, 0.15) is 10.4 Å². The largest absolute Gasteiger partial charge is 0.491 e. The summed E-state index contributed by atoms with van der Waals surface area (Å²) in [6.45, 7) is 15.0. The van der Waals surface area contributed by atoms with Gasteiger partial charge >= 0.3 is 6.09 Å². The number of amides is 1. The topological polar surface area (TPSA) is 71.8 Å². The van der Waals surface area contributed by atoms with Crippen LogP contribution in [0.3, 0.4) is 0 Å². The molecule has 0 aliphatic heterocycles. The van der Waals surface area contributed by atoms with E-state index in [-0.39, 0.29) is 17.5 Å². The first kappa shape index (κ1) is 23.3. The van der Waals surface area contributed by atoms with Gasteiger partial charge in [-0.25, -0.2) is 4.79 Å². The number of hydrogen-bond donors (Lipinski definition) is 1. The molecule has 0 fully saturated rings. The molecule has 2 heterocycles. The maximum absolute atomic E-state index is 13.3. The Morgan fingerprint density at radius 1 is 1.24 bits per heavy atom. The van der Waals surface area contributed by atoms with E-state index in [0.717, 1.165) is 18.2 Å². The van der Waals surface area contributed by atoms with Gasteiger partial charge in [0.2, 0.25) is 0 Å². The Balaban J connectivity index is 2.75. The zero-order chi connectivity index (χ0) is 22.0. The Labute approximate surface area is 177 Å². The molecule has 0 spiro atoms. The van der Waals surface area contributed by atoms with E-state index in [0.29, 0.717) is 29.3 Å². The third-order valence-corrected chi connectivity index (χ3v) is 5.56. The Hall–Kier alpha value is -2.02. The van der Waals surface area contributed by atoms with Crippen molar-refractivity contribution < 1.29 is 14.6 Å². The van der Waals surface area contributed by atoms with Gasteiger partial charge in [-0.05, 0) is 44.1 Å². The lowest BCUT2D eigenvalue weighted by molar-refractivity contribution is 0.0924. The summed E-state index contributed by atoms with van der Waals surface area (Å²) in [5.41, 5.74) is -0.218. The molecule has 0 atom stereocenters. The van der Waals surface area contributed by atoms with Crippen LogP contribution in [0.1, 0.15) is 67.0 Å². The fraction of sp³-hybridized carbons (Fsp3) is 0.636. The van der Waals surface area contributed by atoms with Gasteiger partial charge in [-0.3, -0.25) is 9.69 Å². The Bertz CT molecular complexity index is 916. The number of fused-ring (bicyclic) bond motifs is 1. The van der Waals surface area contributed by atoms with Crippen molar-refractivity contribution in [2.75, 3.05) is 6.61 Å². The lowest BCUT2D eigenvalue weighted by Gasteiger charge is -2.35. The van der Waals surface area contributed by atoms with Crippen molar-refractivity contribution in [3.05, 3.63) is 27.5 Å². The molecule has 0 radical (unpaired) electrons. The van der Waals surface area contributed by atoms with Gasteiger partial charge in [-0.2, -0.15) is 0 Å². The summed E-state index contributed by atoms with van der Waals surface area (Å²) in [6.07, 6.45) is 0.871. The highest BCUT2D eigenvalue weighted by Crippen LogP contribution is 2.34. The molecule has 2 rings (SSSR count). The van der Waals surface area contributed by atoms with Crippen LogP contribution in [-0.4, -0.2) is 32.8 Å². The molecule has 29 heavy (non-hydrogen) atoms. The molecule has 1 N–H and O–H groups in total. The second kappa shape index (κ2) is 8.78. The van der Waals surface area contributed by atoms with E-state index in [9.17, 15) is 14.7 Å². The molecule has 0 aliphatic rings. The molecule has 0 saturated carbocycles. The number of ether oxygens (including phenoxy) is 1. The minimum Gasteiger partial charge on any atom is -0.491 e. The van der Waals surface area contributed by atoms with Gasteiger partial charge in [-0.1, -0.05) is 34.1 Å². The minimum atomic E-state index is -1.02. The molecule has 162 valence electrons. The number of rotatable bonds is 7. The highest BCUT2D eigenvalue weighted by Gasteiger charge is 2.31. The van der Waals surface area contributed by atoms with Crippen LogP contribution in [0.5, 0.6) is 5.75 Å². The van der Waals surface area contributed by atoms with Crippen molar-refractivity contribution in [2.45, 2.75) is 79.9 Å². The highest BCUT2D eigenvalue weighted by atomic mass is 32.1. The van der Waals surface area contributed by atoms with Crippen LogP contribution >= 0.6 is 11.3 Å². The predicted molar refractivity (Wildman–Crippen MR) is 119 cm³/mol. The average molecular weight is 423 g/mol. The van der Waals surface area contributed by atoms with Crippen LogP contribution in [0, 0.1) is 5.41 Å². The van der Waals surface area contributed by atoms with Gasteiger partial charge in [0, 0.05) is 17.5 Å². The van der Waals surface area contributed by atoms with Crippen molar-refractivity contribution in [1.29, 1.82) is 0 Å². The Kier molecular flexibility index (Phi) is 7.04. The van der Waals surface area contributed by atoms with Gasteiger partial charge < -0.3 is 14.4 Å². The first-order valence-corrected chi connectivity index (χ1v) is 11.0. The maximum atomic E-state index is 13.3. The molecule has 0 saturated heterocycles. The highest BCUT2D eigenvalue weighted by molar-refractivity contribution is 7.17. The maximum Gasteiger partial charge on any atom is 0.408 e. The van der Waals surface area contributed by atoms with Crippen molar-refractivity contribution >= 4 is 27.5 Å². The molecule has 2 aromatic rings. The summed E-state index contributed by atoms with van der Waals surface area (Å²) in [7, 11) is 0. The number of nitrogens with zero attached hydrogens (tertiary/aromatic N) is 2. The van der Waals surface area contributed by atoms with Crippen molar-refractivity contribution in [2.24, 2.45) is 5.41 Å². The number of unbranched alkanes of at least 4 members (excludes halogenated alkanes) is 1. The molecule has 0 bridgehead atoms. The summed E-state index contributed by atoms with van der Waals surface area (Å²) in [5, 5.41) is 12.5. The van der Waals surface area contributed by atoms with E-state index in [1.54, 1.807) is 4.57 Å². The Morgan fingerprint density at radius 2 is 1.90 bits per heavy atom. The number of carboxylic acid groups (broad SMARTS) is 1. The first-order chi connectivity index (χ1) is 13.4. The van der Waals surface area contributed by atoms with Gasteiger partial charge in [-0.15, -0.1) is 11.3 Å². The van der Waals surface area contributed by atoms with Crippen LogP contribution in [-0.2, 0) is 13.1 Å². The van der Waals surface area contributed by atoms with Gasteiger partial charge in [0.15, 0.2) is 0 Å². The molecule has 0 aliphatic carbocycles. The third-order valence-electron chi connectivity index (χ3n) is 4.66. The van der Waals surface area contributed by atoms with E-state index in [1.165, 1.54) is 16.2 Å². The van der Waals surface area contributed by atoms with Crippen molar-refractivity contribution in [3.63, 3.8) is 0 Å². The zero-order valence-corrected chi connectivity index (χ0v) is 19.5. The average Bonchev–Trinajstić information content (AvgIpc) is 3.05. The monoisotopic (exact) mass is 422 g/mol. The minimum absolute atomic E-state index is 0.0815. The molecule has 2 aromatic heterocycles. The van der Waals surface area contributed by atoms with E-state index in [4.69, 9.17) is 4.74 Å². The molecule has 6 nitrogen and oxygen atoms in total. The lowest BCUT2D eigenvalue weighted by atomic mass is 9.96.